The number of carbonyl (C=O) groups is 2. The van der Waals surface area contributed by atoms with Gasteiger partial charge in [-0.2, -0.15) is 0 Å². The van der Waals surface area contributed by atoms with Crippen LogP contribution in [0.15, 0.2) is 40.5 Å². The van der Waals surface area contributed by atoms with Gasteiger partial charge in [0.1, 0.15) is 5.69 Å². The van der Waals surface area contributed by atoms with Crippen LogP contribution in [0.2, 0.25) is 0 Å². The molecule has 0 fully saturated rings. The highest BCUT2D eigenvalue weighted by molar-refractivity contribution is 9.13. The second-order valence-electron chi connectivity index (χ2n) is 5.96. The van der Waals surface area contributed by atoms with Gasteiger partial charge in [0.2, 0.25) is 0 Å². The Morgan fingerprint density at radius 1 is 0.970 bits per heavy atom. The molecule has 2 rings (SSSR count). The summed E-state index contributed by atoms with van der Waals surface area (Å²) in [4.78, 5) is 27.7. The van der Waals surface area contributed by atoms with Gasteiger partial charge in [0.25, 0.3) is 5.91 Å². The quantitative estimate of drug-likeness (QED) is 0.125. The molecule has 0 atom stereocenters. The predicted octanol–water partition coefficient (Wildman–Crippen LogP) is 5.60. The maximum absolute atomic E-state index is 11.7. The van der Waals surface area contributed by atoms with Gasteiger partial charge in [-0.3, -0.25) is 9.59 Å². The smallest absolute Gasteiger partial charge is 0.267 e. The van der Waals surface area contributed by atoms with Crippen LogP contribution in [0.25, 0.3) is 20.9 Å². The summed E-state index contributed by atoms with van der Waals surface area (Å²) in [5.41, 5.74) is 21.8. The molecule has 0 spiro atoms. The van der Waals surface area contributed by atoms with E-state index in [1.165, 1.54) is 0 Å². The van der Waals surface area contributed by atoms with Gasteiger partial charge in [0, 0.05) is 50.5 Å². The first-order valence-electron chi connectivity index (χ1n) is 9.05. The Morgan fingerprint density at radius 2 is 1.42 bits per heavy atom. The second kappa shape index (κ2) is 16.8. The number of nitrogens with zero attached hydrogens (tertiary/aromatic N) is 8. The van der Waals surface area contributed by atoms with Crippen LogP contribution in [0.5, 0.6) is 0 Å². The van der Waals surface area contributed by atoms with Gasteiger partial charge in [-0.15, -0.1) is 0 Å². The monoisotopic (exact) mass is 714 g/mol. The van der Waals surface area contributed by atoms with Crippen molar-refractivity contribution >= 4 is 75.4 Å². The van der Waals surface area contributed by atoms with Crippen molar-refractivity contribution in [2.45, 2.75) is 6.92 Å². The average molecular weight is 718 g/mol. The van der Waals surface area contributed by atoms with Crippen LogP contribution in [-0.2, 0) is 14.1 Å². The van der Waals surface area contributed by atoms with Crippen LogP contribution in [0.3, 0.4) is 0 Å². The van der Waals surface area contributed by atoms with Crippen molar-refractivity contribution in [3.05, 3.63) is 62.6 Å². The molecule has 0 unspecified atom stereocenters. The molecule has 0 bridgehead atoms. The van der Waals surface area contributed by atoms with E-state index in [4.69, 9.17) is 16.8 Å². The molecule has 2 heterocycles. The SMILES string of the molecule is CC(=O)c1cc(Br)c(Br)n1C.Cn1c(C(=O)NCCN=[N+]=[N-])cc(Br)c1Br.[N-]=[N+]=NCCN. The maximum Gasteiger partial charge on any atom is 0.267 e. The number of azide groups is 2. The fourth-order valence-corrected chi connectivity index (χ4v) is 3.67. The number of halogens is 4. The van der Waals surface area contributed by atoms with Crippen LogP contribution < -0.4 is 11.1 Å². The highest BCUT2D eigenvalue weighted by Gasteiger charge is 2.14. The normalized spacial score (nSPS) is 9.33. The first kappa shape index (κ1) is 31.2. The summed E-state index contributed by atoms with van der Waals surface area (Å²) in [5, 5.41) is 9.12. The topological polar surface area (TPSA) is 180 Å². The minimum Gasteiger partial charge on any atom is -0.351 e. The first-order chi connectivity index (χ1) is 15.5. The third-order valence-electron chi connectivity index (χ3n) is 3.68. The maximum atomic E-state index is 11.7. The Balaban J connectivity index is 0.000000520. The zero-order chi connectivity index (χ0) is 25.6. The van der Waals surface area contributed by atoms with Gasteiger partial charge in [0.15, 0.2) is 5.78 Å². The van der Waals surface area contributed by atoms with Crippen molar-refractivity contribution in [1.82, 2.24) is 14.5 Å². The lowest BCUT2D eigenvalue weighted by atomic mass is 10.3. The van der Waals surface area contributed by atoms with Gasteiger partial charge < -0.3 is 20.2 Å². The van der Waals surface area contributed by atoms with Gasteiger partial charge in [-0.25, -0.2) is 0 Å². The lowest BCUT2D eigenvalue weighted by Gasteiger charge is -2.04. The molecule has 33 heavy (non-hydrogen) atoms. The van der Waals surface area contributed by atoms with E-state index in [0.29, 0.717) is 31.0 Å². The van der Waals surface area contributed by atoms with E-state index in [2.05, 4.69) is 89.1 Å². The molecule has 0 aliphatic rings. The molecule has 180 valence electrons. The van der Waals surface area contributed by atoms with E-state index in [1.807, 2.05) is 7.05 Å². The summed E-state index contributed by atoms with van der Waals surface area (Å²) in [6, 6.07) is 3.51. The molecule has 0 aliphatic heterocycles. The minimum absolute atomic E-state index is 0.0684. The van der Waals surface area contributed by atoms with E-state index in [9.17, 15) is 9.59 Å². The number of carbonyl (C=O) groups excluding carboxylic acids is 2. The van der Waals surface area contributed by atoms with Gasteiger partial charge in [-0.1, -0.05) is 10.2 Å². The molecule has 0 saturated heterocycles. The third kappa shape index (κ3) is 10.8. The van der Waals surface area contributed by atoms with Crippen LogP contribution in [0.1, 0.15) is 27.9 Å². The Bertz CT molecular complexity index is 1050. The molecule has 2 aromatic rings. The highest BCUT2D eigenvalue weighted by Crippen LogP contribution is 2.26. The van der Waals surface area contributed by atoms with Crippen LogP contribution in [-0.4, -0.2) is 47.0 Å². The minimum atomic E-state index is -0.206. The van der Waals surface area contributed by atoms with Crippen LogP contribution in [0, 0.1) is 0 Å². The summed E-state index contributed by atoms with van der Waals surface area (Å²) >= 11 is 13.3. The van der Waals surface area contributed by atoms with E-state index >= 15 is 0 Å². The van der Waals surface area contributed by atoms with Gasteiger partial charge in [0.05, 0.1) is 23.8 Å². The number of nitrogens with two attached hydrogens (primary N) is 1. The van der Waals surface area contributed by atoms with Crippen molar-refractivity contribution in [2.75, 3.05) is 26.2 Å². The number of hydrogen-bond acceptors (Lipinski definition) is 5. The van der Waals surface area contributed by atoms with Crippen molar-refractivity contribution in [2.24, 2.45) is 30.1 Å². The largest absolute Gasteiger partial charge is 0.351 e. The number of rotatable bonds is 7. The highest BCUT2D eigenvalue weighted by atomic mass is 79.9. The zero-order valence-corrected chi connectivity index (χ0v) is 24.3. The Kier molecular flexibility index (Phi) is 15.8. The number of hydrogen-bond donors (Lipinski definition) is 2. The number of amides is 1. The van der Waals surface area contributed by atoms with Crippen LogP contribution in [0.4, 0.5) is 0 Å². The lowest BCUT2D eigenvalue weighted by Crippen LogP contribution is -2.27. The summed E-state index contributed by atoms with van der Waals surface area (Å²) in [6.45, 7) is 2.95. The second-order valence-corrected chi connectivity index (χ2v) is 9.18. The Hall–Kier alpha value is -1.80. The van der Waals surface area contributed by atoms with E-state index < -0.39 is 0 Å². The van der Waals surface area contributed by atoms with Crippen molar-refractivity contribution in [3.63, 3.8) is 0 Å². The predicted molar refractivity (Wildman–Crippen MR) is 141 cm³/mol. The molecule has 16 heteroatoms. The molecule has 0 saturated carbocycles. The van der Waals surface area contributed by atoms with Gasteiger partial charge in [-0.05, 0) is 93.5 Å². The molecule has 3 N–H and O–H groups in total. The molecule has 0 aromatic carbocycles. The molecule has 12 nitrogen and oxygen atoms in total. The summed E-state index contributed by atoms with van der Waals surface area (Å²) in [5.74, 6) is -0.138. The van der Waals surface area contributed by atoms with Crippen LogP contribution >= 0.6 is 63.7 Å². The molecule has 0 aliphatic carbocycles. The first-order valence-corrected chi connectivity index (χ1v) is 12.2. The number of nitrogens with one attached hydrogen (secondary N) is 1. The fraction of sp³-hybridized carbons (Fsp3) is 0.412. The number of aromatic nitrogens is 2. The average Bonchev–Trinajstić information content (AvgIpc) is 3.20. The third-order valence-corrected chi connectivity index (χ3v) is 7.87. The van der Waals surface area contributed by atoms with Crippen molar-refractivity contribution in [1.29, 1.82) is 0 Å². The molecular formula is C17H22Br4N10O2. The van der Waals surface area contributed by atoms with E-state index in [1.54, 1.807) is 35.2 Å². The Morgan fingerprint density at radius 3 is 1.73 bits per heavy atom. The van der Waals surface area contributed by atoms with E-state index in [0.717, 1.165) is 18.2 Å². The molecule has 0 radical (unpaired) electrons. The summed E-state index contributed by atoms with van der Waals surface area (Å²) in [6.07, 6.45) is 0. The van der Waals surface area contributed by atoms with Crippen molar-refractivity contribution in [3.8, 4) is 0 Å². The van der Waals surface area contributed by atoms with Gasteiger partial charge >= 0.3 is 0 Å². The Labute approximate surface area is 224 Å². The fourth-order valence-electron chi connectivity index (χ4n) is 2.10. The van der Waals surface area contributed by atoms with Crippen molar-refractivity contribution < 1.29 is 9.59 Å². The molecule has 1 amide bonds. The molecule has 2 aromatic heterocycles. The summed E-state index contributed by atoms with van der Waals surface area (Å²) in [7, 11) is 3.61. The summed E-state index contributed by atoms with van der Waals surface area (Å²) < 4.78 is 6.93. The standard InChI is InChI=1S/C8H9Br2N5O.C7H7Br2NO.C2H6N4/c1-15-6(4-5(9)7(15)10)8(16)12-2-3-13-14-11;1-4(11)6-3-5(8)7(9)10(6)2;3-1-2-5-6-4/h4H,2-3H2,1H3,(H,12,16);3H,1-2H3;1-3H2. The number of Topliss-reactive ketones (excluding diaryl/α,β-unsaturated/α-hetero) is 1. The van der Waals surface area contributed by atoms with E-state index in [-0.39, 0.29) is 18.2 Å². The molecular weight excluding hydrogens is 696 g/mol. The number of ketones is 1. The lowest BCUT2D eigenvalue weighted by molar-refractivity contribution is 0.0945. The zero-order valence-electron chi connectivity index (χ0n) is 18.0.